The molecule has 0 saturated heterocycles. The minimum atomic E-state index is -1.96. The summed E-state index contributed by atoms with van der Waals surface area (Å²) in [6.45, 7) is 12.5. The molecule has 0 aromatic heterocycles. The Morgan fingerprint density at radius 1 is 0.452 bits per heavy atom. The lowest BCUT2D eigenvalue weighted by atomic mass is 9.98. The molecule has 12 atom stereocenters. The number of carbonyl (C=O) groups excluding carboxylic acids is 10. The molecular formula is C54H88N12O18. The average molecular weight is 1190 g/mol. The Morgan fingerprint density at radius 3 is 1.31 bits per heavy atom. The maximum Gasteiger partial charge on any atom is 0.326 e. The summed E-state index contributed by atoms with van der Waals surface area (Å²) in [5.41, 5.74) is 17.4. The fourth-order valence-corrected chi connectivity index (χ4v) is 8.24. The van der Waals surface area contributed by atoms with Crippen LogP contribution in [0.15, 0.2) is 30.3 Å². The van der Waals surface area contributed by atoms with Crippen molar-refractivity contribution < 1.29 is 87.9 Å². The number of amides is 10. The number of unbranched alkanes of at least 4 members (excludes halogenated alkanes) is 1. The van der Waals surface area contributed by atoms with Gasteiger partial charge in [-0.15, -0.1) is 0 Å². The van der Waals surface area contributed by atoms with Crippen LogP contribution in [0, 0.1) is 17.8 Å². The summed E-state index contributed by atoms with van der Waals surface area (Å²) in [6, 6.07) is -7.36. The number of nitrogens with one attached hydrogen (secondary N) is 9. The van der Waals surface area contributed by atoms with Gasteiger partial charge >= 0.3 is 17.9 Å². The van der Waals surface area contributed by atoms with Crippen molar-refractivity contribution in [3.8, 4) is 0 Å². The first-order chi connectivity index (χ1) is 39.2. The van der Waals surface area contributed by atoms with E-state index in [1.54, 1.807) is 58.0 Å². The molecule has 30 nitrogen and oxygen atoms in total. The summed E-state index contributed by atoms with van der Waals surface area (Å²) in [6.07, 6.45) is -5.67. The first-order valence-corrected chi connectivity index (χ1v) is 27.7. The molecular weight excluding hydrogens is 1100 g/mol. The van der Waals surface area contributed by atoms with Crippen molar-refractivity contribution in [1.29, 1.82) is 0 Å². The lowest BCUT2D eigenvalue weighted by molar-refractivity contribution is -0.147. The first kappa shape index (κ1) is 74.2. The first-order valence-electron chi connectivity index (χ1n) is 27.7. The van der Waals surface area contributed by atoms with E-state index < -0.39 is 188 Å². The van der Waals surface area contributed by atoms with E-state index in [1.807, 2.05) is 5.32 Å². The molecule has 0 radical (unpaired) electrons. The van der Waals surface area contributed by atoms with E-state index in [4.69, 9.17) is 22.3 Å². The van der Waals surface area contributed by atoms with Crippen LogP contribution in [0.4, 0.5) is 0 Å². The number of hydrogen-bond acceptors (Lipinski definition) is 17. The van der Waals surface area contributed by atoms with Crippen LogP contribution in [0.3, 0.4) is 0 Å². The normalized spacial score (nSPS) is 15.6. The van der Waals surface area contributed by atoms with Crippen LogP contribution in [0.25, 0.3) is 0 Å². The molecule has 1 aromatic rings. The summed E-state index contributed by atoms with van der Waals surface area (Å²) in [5.74, 6) is -16.0. The van der Waals surface area contributed by atoms with E-state index in [0.717, 1.165) is 0 Å². The van der Waals surface area contributed by atoms with Crippen molar-refractivity contribution in [3.05, 3.63) is 35.9 Å². The molecule has 30 heteroatoms. The van der Waals surface area contributed by atoms with Crippen molar-refractivity contribution in [2.75, 3.05) is 6.54 Å². The van der Waals surface area contributed by atoms with Gasteiger partial charge in [0.2, 0.25) is 59.1 Å². The summed E-state index contributed by atoms with van der Waals surface area (Å²) in [5, 5.41) is 70.6. The summed E-state index contributed by atoms with van der Waals surface area (Å²) in [7, 11) is 0. The zero-order chi connectivity index (χ0) is 64.1. The predicted molar refractivity (Wildman–Crippen MR) is 301 cm³/mol. The van der Waals surface area contributed by atoms with Crippen LogP contribution in [-0.2, 0) is 68.7 Å². The second kappa shape index (κ2) is 37.4. The number of rotatable bonds is 40. The molecule has 20 N–H and O–H groups in total. The number of nitrogens with two attached hydrogens (primary N) is 3. The van der Waals surface area contributed by atoms with Gasteiger partial charge in [0.1, 0.15) is 60.4 Å². The highest BCUT2D eigenvalue weighted by Gasteiger charge is 2.38. The van der Waals surface area contributed by atoms with Gasteiger partial charge in [0.25, 0.3) is 0 Å². The van der Waals surface area contributed by atoms with E-state index >= 15 is 0 Å². The van der Waals surface area contributed by atoms with Crippen molar-refractivity contribution in [2.24, 2.45) is 35.0 Å². The third-order valence-electron chi connectivity index (χ3n) is 12.9. The Hall–Kier alpha value is -7.83. The number of aliphatic carboxylic acids is 3. The van der Waals surface area contributed by atoms with Crippen LogP contribution in [0.2, 0.25) is 0 Å². The van der Waals surface area contributed by atoms with Crippen LogP contribution < -0.4 is 65.1 Å². The third kappa shape index (κ3) is 28.0. The molecule has 0 aliphatic heterocycles. The van der Waals surface area contributed by atoms with Gasteiger partial charge in [0.05, 0.1) is 18.6 Å². The van der Waals surface area contributed by atoms with E-state index in [-0.39, 0.29) is 44.1 Å². The number of aliphatic hydroxyl groups excluding tert-OH is 2. The van der Waals surface area contributed by atoms with Gasteiger partial charge in [-0.2, -0.15) is 0 Å². The van der Waals surface area contributed by atoms with Crippen molar-refractivity contribution in [2.45, 2.75) is 199 Å². The second-order valence-corrected chi connectivity index (χ2v) is 21.8. The quantitative estimate of drug-likeness (QED) is 0.0281. The van der Waals surface area contributed by atoms with Gasteiger partial charge in [-0.25, -0.2) is 4.79 Å². The smallest absolute Gasteiger partial charge is 0.326 e. The highest BCUT2D eigenvalue weighted by molar-refractivity contribution is 5.99. The molecule has 84 heavy (non-hydrogen) atoms. The van der Waals surface area contributed by atoms with Crippen molar-refractivity contribution in [3.63, 3.8) is 0 Å². The number of carboxylic acid groups (broad SMARTS) is 3. The molecule has 10 amide bonds. The Bertz CT molecular complexity index is 2410. The molecule has 0 fully saturated rings. The second-order valence-electron chi connectivity index (χ2n) is 21.8. The van der Waals surface area contributed by atoms with Gasteiger partial charge < -0.3 is 90.6 Å². The van der Waals surface area contributed by atoms with Crippen LogP contribution in [-0.4, -0.2) is 182 Å². The van der Waals surface area contributed by atoms with Gasteiger partial charge in [-0.1, -0.05) is 71.9 Å². The maximum absolute atomic E-state index is 14.4. The number of aliphatic hydroxyl groups is 2. The highest BCUT2D eigenvalue weighted by atomic mass is 16.4. The molecule has 0 unspecified atom stereocenters. The van der Waals surface area contributed by atoms with E-state index in [0.29, 0.717) is 18.4 Å². The molecule has 472 valence electrons. The average Bonchev–Trinajstić information content (AvgIpc) is 3.45. The Morgan fingerprint density at radius 2 is 0.857 bits per heavy atom. The van der Waals surface area contributed by atoms with Crippen molar-refractivity contribution >= 4 is 77.0 Å². The van der Waals surface area contributed by atoms with Gasteiger partial charge in [-0.05, 0) is 88.7 Å². The monoisotopic (exact) mass is 1190 g/mol. The predicted octanol–water partition coefficient (Wildman–Crippen LogP) is -3.75. The van der Waals surface area contributed by atoms with E-state index in [1.165, 1.54) is 27.7 Å². The lowest BCUT2D eigenvalue weighted by Gasteiger charge is -2.30. The fraction of sp³-hybridized carbons (Fsp3) is 0.648. The maximum atomic E-state index is 14.4. The Kier molecular flexibility index (Phi) is 33.0. The van der Waals surface area contributed by atoms with Crippen LogP contribution in [0.5, 0.6) is 0 Å². The lowest BCUT2D eigenvalue weighted by Crippen LogP contribution is -2.62. The number of carboxylic acids is 3. The van der Waals surface area contributed by atoms with Crippen LogP contribution in [0.1, 0.15) is 125 Å². The molecule has 1 aromatic carbocycles. The zero-order valence-corrected chi connectivity index (χ0v) is 48.8. The molecule has 0 aliphatic rings. The van der Waals surface area contributed by atoms with Gasteiger partial charge in [0, 0.05) is 19.3 Å². The summed E-state index contributed by atoms with van der Waals surface area (Å²) < 4.78 is 0. The summed E-state index contributed by atoms with van der Waals surface area (Å²) in [4.78, 5) is 171. The van der Waals surface area contributed by atoms with E-state index in [9.17, 15) is 82.8 Å². The Balaban J connectivity index is 3.62. The van der Waals surface area contributed by atoms with Gasteiger partial charge in [-0.3, -0.25) is 57.5 Å². The summed E-state index contributed by atoms with van der Waals surface area (Å²) >= 11 is 0. The minimum absolute atomic E-state index is 0.0257. The molecule has 0 heterocycles. The minimum Gasteiger partial charge on any atom is -0.481 e. The van der Waals surface area contributed by atoms with Crippen molar-refractivity contribution in [1.82, 2.24) is 47.9 Å². The zero-order valence-electron chi connectivity index (χ0n) is 48.8. The molecule has 1 rings (SSSR count). The highest BCUT2D eigenvalue weighted by Crippen LogP contribution is 2.14. The number of carbonyl (C=O) groups is 13. The molecule has 0 spiro atoms. The fourth-order valence-electron chi connectivity index (χ4n) is 8.24. The third-order valence-corrected chi connectivity index (χ3v) is 12.9. The van der Waals surface area contributed by atoms with Gasteiger partial charge in [0.15, 0.2) is 0 Å². The number of benzene rings is 1. The largest absolute Gasteiger partial charge is 0.481 e. The molecule has 0 saturated carbocycles. The topological polar surface area (TPSA) is 509 Å². The van der Waals surface area contributed by atoms with E-state index in [2.05, 4.69) is 42.5 Å². The van der Waals surface area contributed by atoms with Crippen LogP contribution >= 0.6 is 0 Å². The molecule has 0 aliphatic carbocycles. The number of primary amides is 1. The SMILES string of the molecule is CC(C)C[C@H](NC(=O)[C@H](Cc1ccccc1)NC(=O)[C@@H](NC(=O)[C@H](CCCCN)NC(=O)[C@@H](N)[C@@H](C)O)[C@@H](C)O)C(=O)N[C@@H](CCC(N)=O)C(=O)N[C@@H](CC(C)C)C(=O)N[C@H](C(=O)N[C@@H](CCC(=O)O)C(=O)N[C@@H](CC(=O)O)C(=O)O)C(C)C. The standard InChI is InChI=1S/C54H88N12O18/c1-26(2)22-35(62-49(78)37(24-31-14-10-9-11-15-31)63-53(82)44(30(8)68)66-47(76)32(16-12-13-21-55)59-51(80)42(57)29(7)67)48(77)58-33(17-19-39(56)69)45(74)61-36(23-27(3)4)50(79)65-43(28(5)6)52(81)60-34(18-20-40(70)71)46(75)64-38(54(83)84)25-41(72)73/h9-11,14-15,26-30,32-38,42-44,67-68H,12-13,16-25,55,57H2,1-8H3,(H2,56,69)(H,58,77)(H,59,80)(H,60,81)(H,61,74)(H,62,78)(H,63,82)(H,64,75)(H,65,79)(H,66,76)(H,70,71)(H,72,73)(H,83,84)/t29-,30-,32+,33+,34+,35+,36+,37+,38+,42+,43+,44+/m1/s1. The molecule has 0 bridgehead atoms. The Labute approximate surface area is 487 Å². The number of hydrogen-bond donors (Lipinski definition) is 17.